The summed E-state index contributed by atoms with van der Waals surface area (Å²) in [4.78, 5) is 0. The van der Waals surface area contributed by atoms with E-state index >= 15 is 0 Å². The summed E-state index contributed by atoms with van der Waals surface area (Å²) in [6.45, 7) is 0. The fourth-order valence-corrected chi connectivity index (χ4v) is 1.91. The average Bonchev–Trinajstić information content (AvgIpc) is 2.03. The molecule has 72 valence electrons. The van der Waals surface area contributed by atoms with Crippen molar-refractivity contribution in [2.45, 2.75) is 0 Å². The zero-order valence-electron chi connectivity index (χ0n) is 6.40. The first kappa shape index (κ1) is 10.3. The number of nitrogens with zero attached hydrogens (tertiary/aromatic N) is 1. The molecule has 0 bridgehead atoms. The standard InChI is InChI=1S/C6H8AsNO5/c9-7(10,11)5-1-3-6(4-2-5)8(12)13/h1-4,12-13H,(H2,9,10,11). The van der Waals surface area contributed by atoms with Crippen LogP contribution in [0, 0.1) is 0 Å². The van der Waals surface area contributed by atoms with Crippen molar-refractivity contribution >= 4 is 24.2 Å². The summed E-state index contributed by atoms with van der Waals surface area (Å²) in [6.07, 6.45) is 0. The van der Waals surface area contributed by atoms with Gasteiger partial charge in [0, 0.05) is 0 Å². The van der Waals surface area contributed by atoms with Crippen LogP contribution in [0.4, 0.5) is 5.69 Å². The summed E-state index contributed by atoms with van der Waals surface area (Å²) in [6, 6.07) is 4.68. The second-order valence-corrected chi connectivity index (χ2v) is 5.72. The topological polar surface area (TPSA) is 101 Å². The van der Waals surface area contributed by atoms with Crippen LogP contribution in [0.3, 0.4) is 0 Å². The van der Waals surface area contributed by atoms with Crippen LogP contribution in [-0.4, -0.2) is 32.8 Å². The normalized spacial score (nSPS) is 11.4. The van der Waals surface area contributed by atoms with Crippen LogP contribution in [0.15, 0.2) is 24.3 Å². The molecule has 0 aromatic heterocycles. The van der Waals surface area contributed by atoms with Gasteiger partial charge in [-0.05, 0) is 0 Å². The number of anilines is 1. The van der Waals surface area contributed by atoms with Gasteiger partial charge >= 0.3 is 76.0 Å². The van der Waals surface area contributed by atoms with Crippen LogP contribution < -0.4 is 9.58 Å². The monoisotopic (exact) mass is 249 g/mol. The second kappa shape index (κ2) is 3.53. The molecule has 1 aromatic rings. The average molecular weight is 249 g/mol. The first-order valence-electron chi connectivity index (χ1n) is 3.25. The van der Waals surface area contributed by atoms with Crippen LogP contribution in [0.2, 0.25) is 0 Å². The van der Waals surface area contributed by atoms with E-state index < -0.39 is 14.2 Å². The summed E-state index contributed by atoms with van der Waals surface area (Å²) in [5.74, 6) is 0. The third kappa shape index (κ3) is 2.58. The molecule has 0 radical (unpaired) electrons. The molecule has 0 unspecified atom stereocenters. The fraction of sp³-hybridized carbons (Fsp3) is 0. The SMILES string of the molecule is O=[As](O)(O)c1ccc(N(O)O)cc1. The van der Waals surface area contributed by atoms with Crippen molar-refractivity contribution in [3.63, 3.8) is 0 Å². The first-order valence-corrected chi connectivity index (χ1v) is 6.63. The van der Waals surface area contributed by atoms with E-state index in [-0.39, 0.29) is 15.3 Å². The van der Waals surface area contributed by atoms with Crippen LogP contribution >= 0.6 is 0 Å². The second-order valence-electron chi connectivity index (χ2n) is 2.35. The molecular weight excluding hydrogens is 241 g/mol. The van der Waals surface area contributed by atoms with Crippen molar-refractivity contribution < 1.29 is 22.3 Å². The molecule has 0 heterocycles. The van der Waals surface area contributed by atoms with Crippen molar-refractivity contribution in [1.29, 1.82) is 0 Å². The number of hydrogen-bond acceptors (Lipinski definition) is 4. The van der Waals surface area contributed by atoms with Gasteiger partial charge in [-0.3, -0.25) is 0 Å². The van der Waals surface area contributed by atoms with Gasteiger partial charge in [0.15, 0.2) is 0 Å². The molecule has 4 N–H and O–H groups in total. The van der Waals surface area contributed by atoms with Crippen molar-refractivity contribution in [2.24, 2.45) is 0 Å². The Bertz CT molecular complexity index is 329. The molecule has 0 atom stereocenters. The summed E-state index contributed by atoms with van der Waals surface area (Å²) >= 11 is -4.85. The maximum atomic E-state index is 10.7. The Hall–Kier alpha value is -0.782. The zero-order chi connectivity index (χ0) is 10.1. The molecule has 7 heteroatoms. The molecule has 6 nitrogen and oxygen atoms in total. The molecule has 0 spiro atoms. The van der Waals surface area contributed by atoms with Gasteiger partial charge in [-0.25, -0.2) is 0 Å². The molecule has 0 aliphatic rings. The molecule has 0 aliphatic carbocycles. The van der Waals surface area contributed by atoms with Crippen molar-refractivity contribution in [2.75, 3.05) is 5.23 Å². The quantitative estimate of drug-likeness (QED) is 0.389. The third-order valence-corrected chi connectivity index (χ3v) is 3.45. The Morgan fingerprint density at radius 3 is 1.85 bits per heavy atom. The number of benzene rings is 1. The van der Waals surface area contributed by atoms with Crippen LogP contribution in [0.1, 0.15) is 0 Å². The van der Waals surface area contributed by atoms with Gasteiger partial charge in [-0.1, -0.05) is 0 Å². The molecule has 0 amide bonds. The van der Waals surface area contributed by atoms with Crippen molar-refractivity contribution in [3.05, 3.63) is 24.3 Å². The molecule has 1 rings (SSSR count). The van der Waals surface area contributed by atoms with Crippen LogP contribution in [0.25, 0.3) is 0 Å². The van der Waals surface area contributed by atoms with Gasteiger partial charge in [0.2, 0.25) is 0 Å². The summed E-state index contributed by atoms with van der Waals surface area (Å²) in [5.41, 5.74) is 0.0349. The van der Waals surface area contributed by atoms with E-state index in [9.17, 15) is 3.74 Å². The molecular formula is C6H8AsNO5. The minimum absolute atomic E-state index is 0.0349. The van der Waals surface area contributed by atoms with E-state index in [4.69, 9.17) is 18.6 Å². The predicted octanol–water partition coefficient (Wildman–Crippen LogP) is -1.17. The first-order chi connectivity index (χ1) is 5.91. The Kier molecular flexibility index (Phi) is 2.80. The molecule has 0 saturated carbocycles. The third-order valence-electron chi connectivity index (χ3n) is 1.42. The van der Waals surface area contributed by atoms with Gasteiger partial charge in [0.1, 0.15) is 0 Å². The minimum atomic E-state index is -4.85. The zero-order valence-corrected chi connectivity index (χ0v) is 8.28. The van der Waals surface area contributed by atoms with E-state index in [0.29, 0.717) is 0 Å². The maximum absolute atomic E-state index is 10.7. The Labute approximate surface area is 76.6 Å². The molecule has 0 saturated heterocycles. The Morgan fingerprint density at radius 1 is 1.08 bits per heavy atom. The van der Waals surface area contributed by atoms with Crippen LogP contribution in [-0.2, 0) is 3.74 Å². The van der Waals surface area contributed by atoms with E-state index in [0.717, 1.165) is 12.1 Å². The Balaban J connectivity index is 3.01. The fourth-order valence-electron chi connectivity index (χ4n) is 0.780. The van der Waals surface area contributed by atoms with Gasteiger partial charge in [0.25, 0.3) is 0 Å². The molecule has 0 fully saturated rings. The van der Waals surface area contributed by atoms with E-state index in [1.165, 1.54) is 12.1 Å². The molecule has 13 heavy (non-hydrogen) atoms. The van der Waals surface area contributed by atoms with Gasteiger partial charge in [0.05, 0.1) is 0 Å². The summed E-state index contributed by atoms with van der Waals surface area (Å²) in [5, 5.41) is 16.9. The number of hydrogen-bond donors (Lipinski definition) is 4. The number of rotatable bonds is 2. The van der Waals surface area contributed by atoms with Crippen molar-refractivity contribution in [1.82, 2.24) is 0 Å². The van der Waals surface area contributed by atoms with Gasteiger partial charge in [-0.15, -0.1) is 0 Å². The summed E-state index contributed by atoms with van der Waals surface area (Å²) < 4.78 is 28.1. The molecule has 0 aliphatic heterocycles. The molecule has 1 aromatic carbocycles. The van der Waals surface area contributed by atoms with Crippen LogP contribution in [0.5, 0.6) is 0 Å². The van der Waals surface area contributed by atoms with E-state index in [1.54, 1.807) is 0 Å². The van der Waals surface area contributed by atoms with E-state index in [2.05, 4.69) is 0 Å². The van der Waals surface area contributed by atoms with E-state index in [1.807, 2.05) is 0 Å². The van der Waals surface area contributed by atoms with Gasteiger partial charge in [-0.2, -0.15) is 0 Å². The predicted molar refractivity (Wildman–Crippen MR) is 43.0 cm³/mol. The van der Waals surface area contributed by atoms with Gasteiger partial charge < -0.3 is 0 Å². The Morgan fingerprint density at radius 2 is 1.54 bits per heavy atom. The summed E-state index contributed by atoms with van der Waals surface area (Å²) in [7, 11) is 0. The van der Waals surface area contributed by atoms with Crippen molar-refractivity contribution in [3.8, 4) is 0 Å².